The van der Waals surface area contributed by atoms with E-state index in [4.69, 9.17) is 0 Å². The monoisotopic (exact) mass is 136 g/mol. The first kappa shape index (κ1) is 4.81. The molecule has 0 amide bonds. The molecule has 0 aliphatic carbocycles. The molecule has 1 radical (unpaired) electrons. The van der Waals surface area contributed by atoms with Crippen LogP contribution < -0.4 is 0 Å². The predicted octanol–water partition coefficient (Wildman–Crippen LogP) is 0.886. The lowest BCUT2D eigenvalue weighted by Gasteiger charge is -1.78. The highest BCUT2D eigenvalue weighted by molar-refractivity contribution is 7.15. The maximum absolute atomic E-state index is 3.91. The van der Waals surface area contributed by atoms with E-state index >= 15 is 0 Å². The van der Waals surface area contributed by atoms with Crippen molar-refractivity contribution in [3.63, 3.8) is 0 Å². The van der Waals surface area contributed by atoms with E-state index in [1.807, 2.05) is 6.07 Å². The van der Waals surface area contributed by atoms with Crippen LogP contribution in [0.4, 0.5) is 0 Å². The number of rotatable bonds is 0. The van der Waals surface area contributed by atoms with Crippen LogP contribution in [0.15, 0.2) is 12.3 Å². The summed E-state index contributed by atoms with van der Waals surface area (Å²) >= 11 is 1.38. The molecule has 0 aliphatic heterocycles. The average Bonchev–Trinajstić information content (AvgIpc) is 2.33. The molecule has 43 valence electrons. The largest absolute Gasteiger partial charge is 0.232 e. The maximum atomic E-state index is 3.91. The Labute approximate surface area is 55.4 Å². The predicted molar refractivity (Wildman–Crippen MR) is 34.0 cm³/mol. The second-order valence-corrected chi connectivity index (χ2v) is 2.30. The summed E-state index contributed by atoms with van der Waals surface area (Å²) in [7, 11) is 0. The molecular weight excluding hydrogens is 134 g/mol. The van der Waals surface area contributed by atoms with Gasteiger partial charge >= 0.3 is 0 Å². The molecule has 2 aromatic rings. The fraction of sp³-hybridized carbons (Fsp3) is 0. The Morgan fingerprint density at radius 2 is 2.56 bits per heavy atom. The Kier molecular flexibility index (Phi) is 0.927. The van der Waals surface area contributed by atoms with Crippen LogP contribution in [-0.4, -0.2) is 15.2 Å². The van der Waals surface area contributed by atoms with Crippen LogP contribution in [0.5, 0.6) is 0 Å². The first-order chi connectivity index (χ1) is 4.47. The van der Waals surface area contributed by atoms with E-state index in [2.05, 4.69) is 20.7 Å². The first-order valence-corrected chi connectivity index (χ1v) is 3.23. The van der Waals surface area contributed by atoms with Gasteiger partial charge in [-0.05, 0) is 6.07 Å². The highest BCUT2D eigenvalue weighted by Crippen LogP contribution is 2.10. The van der Waals surface area contributed by atoms with Crippen LogP contribution in [0.3, 0.4) is 0 Å². The van der Waals surface area contributed by atoms with E-state index in [-0.39, 0.29) is 0 Å². The van der Waals surface area contributed by atoms with Gasteiger partial charge in [-0.3, -0.25) is 0 Å². The van der Waals surface area contributed by atoms with Gasteiger partial charge in [-0.25, -0.2) is 4.98 Å². The normalized spacial score (nSPS) is 10.2. The smallest absolute Gasteiger partial charge is 0.166 e. The standard InChI is InChI=1S/C5H2N3S/c1-2-7-8-5-4(1)6-3-9-5/h1-2H. The van der Waals surface area contributed by atoms with Gasteiger partial charge in [-0.15, -0.1) is 5.10 Å². The van der Waals surface area contributed by atoms with E-state index in [9.17, 15) is 0 Å². The van der Waals surface area contributed by atoms with Crippen LogP contribution in [-0.2, 0) is 0 Å². The van der Waals surface area contributed by atoms with Crippen LogP contribution in [0, 0.1) is 5.51 Å². The summed E-state index contributed by atoms with van der Waals surface area (Å²) in [6.07, 6.45) is 1.62. The molecule has 0 aliphatic rings. The lowest BCUT2D eigenvalue weighted by Crippen LogP contribution is -1.75. The van der Waals surface area contributed by atoms with Crippen molar-refractivity contribution >= 4 is 21.7 Å². The Morgan fingerprint density at radius 3 is 3.44 bits per heavy atom. The summed E-state index contributed by atoms with van der Waals surface area (Å²) < 4.78 is 0. The molecule has 2 aromatic heterocycles. The van der Waals surface area contributed by atoms with Crippen LogP contribution in [0.2, 0.25) is 0 Å². The van der Waals surface area contributed by atoms with Crippen molar-refractivity contribution in [3.8, 4) is 0 Å². The van der Waals surface area contributed by atoms with Crippen molar-refractivity contribution in [2.75, 3.05) is 0 Å². The van der Waals surface area contributed by atoms with Gasteiger partial charge in [-0.2, -0.15) is 5.10 Å². The molecule has 0 saturated heterocycles. The number of fused-ring (bicyclic) bond motifs is 1. The minimum atomic E-state index is 0.845. The van der Waals surface area contributed by atoms with E-state index < -0.39 is 0 Å². The summed E-state index contributed by atoms with van der Waals surface area (Å²) in [5, 5.41) is 7.50. The lowest BCUT2D eigenvalue weighted by molar-refractivity contribution is 1.08. The Balaban J connectivity index is 2.95. The van der Waals surface area contributed by atoms with E-state index in [1.54, 1.807) is 6.20 Å². The van der Waals surface area contributed by atoms with Crippen LogP contribution in [0.1, 0.15) is 0 Å². The van der Waals surface area contributed by atoms with E-state index in [1.165, 1.54) is 11.3 Å². The lowest BCUT2D eigenvalue weighted by atomic mass is 10.5. The van der Waals surface area contributed by atoms with E-state index in [0.717, 1.165) is 10.3 Å². The fourth-order valence-electron chi connectivity index (χ4n) is 0.585. The summed E-state index contributed by atoms with van der Waals surface area (Å²) in [5.41, 5.74) is 3.60. The molecular formula is C5H2N3S. The third-order valence-electron chi connectivity index (χ3n) is 0.975. The molecule has 0 aromatic carbocycles. The quantitative estimate of drug-likeness (QED) is 0.539. The minimum Gasteiger partial charge on any atom is -0.232 e. The van der Waals surface area contributed by atoms with Crippen molar-refractivity contribution < 1.29 is 0 Å². The zero-order valence-corrected chi connectivity index (χ0v) is 5.22. The second kappa shape index (κ2) is 1.73. The van der Waals surface area contributed by atoms with Crippen molar-refractivity contribution in [3.05, 3.63) is 17.8 Å². The van der Waals surface area contributed by atoms with E-state index in [0.29, 0.717) is 0 Å². The van der Waals surface area contributed by atoms with Crippen LogP contribution >= 0.6 is 11.3 Å². The zero-order chi connectivity index (χ0) is 6.10. The van der Waals surface area contributed by atoms with Crippen LogP contribution in [0.25, 0.3) is 10.3 Å². The number of thiazole rings is 1. The Morgan fingerprint density at radius 1 is 1.56 bits per heavy atom. The Hall–Kier alpha value is -1.03. The summed E-state index contributed by atoms with van der Waals surface area (Å²) in [6, 6.07) is 1.81. The fourth-order valence-corrected chi connectivity index (χ4v) is 1.12. The number of nitrogens with zero attached hydrogens (tertiary/aromatic N) is 3. The topological polar surface area (TPSA) is 38.7 Å². The maximum Gasteiger partial charge on any atom is 0.166 e. The molecule has 0 fully saturated rings. The zero-order valence-electron chi connectivity index (χ0n) is 4.40. The molecule has 0 unspecified atom stereocenters. The summed E-state index contributed by atoms with van der Waals surface area (Å²) in [4.78, 5) is 4.75. The third kappa shape index (κ3) is 0.675. The number of aromatic nitrogens is 3. The molecule has 0 atom stereocenters. The van der Waals surface area contributed by atoms with Gasteiger partial charge in [0.05, 0.1) is 6.20 Å². The van der Waals surface area contributed by atoms with Gasteiger partial charge in [0.2, 0.25) is 0 Å². The second-order valence-electron chi connectivity index (χ2n) is 1.53. The Bertz CT molecular complexity index is 286. The minimum absolute atomic E-state index is 0.845. The molecule has 0 bridgehead atoms. The van der Waals surface area contributed by atoms with Gasteiger partial charge in [0.15, 0.2) is 10.3 Å². The number of hydrogen-bond donors (Lipinski definition) is 0. The van der Waals surface area contributed by atoms with Gasteiger partial charge < -0.3 is 0 Å². The van der Waals surface area contributed by atoms with Gasteiger partial charge in [0.1, 0.15) is 5.52 Å². The molecule has 0 saturated carbocycles. The molecule has 9 heavy (non-hydrogen) atoms. The third-order valence-corrected chi connectivity index (χ3v) is 1.64. The molecule has 3 nitrogen and oxygen atoms in total. The van der Waals surface area contributed by atoms with Gasteiger partial charge in [0.25, 0.3) is 0 Å². The molecule has 4 heteroatoms. The summed E-state index contributed by atoms with van der Waals surface area (Å²) in [6.45, 7) is 0. The van der Waals surface area contributed by atoms with Crippen molar-refractivity contribution in [1.29, 1.82) is 0 Å². The molecule has 0 N–H and O–H groups in total. The van der Waals surface area contributed by atoms with Crippen molar-refractivity contribution in [1.82, 2.24) is 15.2 Å². The molecule has 2 heterocycles. The van der Waals surface area contributed by atoms with Gasteiger partial charge in [-0.1, -0.05) is 11.3 Å². The van der Waals surface area contributed by atoms with Crippen molar-refractivity contribution in [2.24, 2.45) is 0 Å². The highest BCUT2D eigenvalue weighted by atomic mass is 32.1. The SMILES string of the molecule is [c]1nc2ccnnc2s1. The molecule has 2 rings (SSSR count). The molecule has 0 spiro atoms. The van der Waals surface area contributed by atoms with Crippen molar-refractivity contribution in [2.45, 2.75) is 0 Å². The number of hydrogen-bond acceptors (Lipinski definition) is 4. The summed E-state index contributed by atoms with van der Waals surface area (Å²) in [5.74, 6) is 0. The van der Waals surface area contributed by atoms with Gasteiger partial charge in [0, 0.05) is 0 Å². The average molecular weight is 136 g/mol. The highest BCUT2D eigenvalue weighted by Gasteiger charge is 1.93. The first-order valence-electron chi connectivity index (χ1n) is 2.41.